The molecule has 0 fully saturated rings. The molecular formula is C7H13BFN2P. The van der Waals surface area contributed by atoms with Crippen LogP contribution in [-0.2, 0) is 5.31 Å². The Bertz CT molecular complexity index is 267. The molecule has 5 heteroatoms. The second kappa shape index (κ2) is 3.17. The highest BCUT2D eigenvalue weighted by atomic mass is 31.0. The molecule has 1 aromatic rings. The van der Waals surface area contributed by atoms with Gasteiger partial charge in [-0.25, -0.2) is 4.39 Å². The van der Waals surface area contributed by atoms with E-state index in [-0.39, 0.29) is 6.04 Å². The summed E-state index contributed by atoms with van der Waals surface area (Å²) in [5.41, 5.74) is 0.459. The Morgan fingerprint density at radius 3 is 2.58 bits per heavy atom. The first-order valence-corrected chi connectivity index (χ1v) is 4.52. The highest BCUT2D eigenvalue weighted by molar-refractivity contribution is 7.21. The number of nitrogens with zero attached hydrogens (tertiary/aromatic N) is 2. The molecule has 12 heavy (non-hydrogen) atoms. The van der Waals surface area contributed by atoms with E-state index < -0.39 is 5.31 Å². The van der Waals surface area contributed by atoms with Crippen molar-refractivity contribution in [1.29, 1.82) is 0 Å². The summed E-state index contributed by atoms with van der Waals surface area (Å²) in [6.45, 7) is 4.02. The Hall–Kier alpha value is -0.365. The van der Waals surface area contributed by atoms with E-state index in [0.29, 0.717) is 5.69 Å². The molecule has 0 spiro atoms. The van der Waals surface area contributed by atoms with E-state index in [1.807, 2.05) is 13.8 Å². The largest absolute Gasteiger partial charge is 0.270 e. The maximum absolute atomic E-state index is 13.3. The number of halogens is 1. The van der Waals surface area contributed by atoms with Gasteiger partial charge in [0.1, 0.15) is 5.31 Å². The van der Waals surface area contributed by atoms with Gasteiger partial charge in [-0.1, -0.05) is 0 Å². The second-order valence-electron chi connectivity index (χ2n) is 3.35. The number of alkyl halides is 1. The van der Waals surface area contributed by atoms with E-state index in [0.717, 1.165) is 0 Å². The molecule has 0 aliphatic rings. The van der Waals surface area contributed by atoms with Gasteiger partial charge in [-0.05, 0) is 19.9 Å². The van der Waals surface area contributed by atoms with Gasteiger partial charge < -0.3 is 0 Å². The zero-order valence-electron chi connectivity index (χ0n) is 7.58. The predicted octanol–water partition coefficient (Wildman–Crippen LogP) is 1.05. The molecule has 2 atom stereocenters. The summed E-state index contributed by atoms with van der Waals surface area (Å²) in [5.74, 6) is 0. The summed E-state index contributed by atoms with van der Waals surface area (Å²) in [4.78, 5) is 0. The third-order valence-electron chi connectivity index (χ3n) is 1.64. The number of hydrogen-bond donors (Lipinski definition) is 0. The summed E-state index contributed by atoms with van der Waals surface area (Å²) in [5, 5.41) is 2.69. The average molecular weight is 186 g/mol. The lowest BCUT2D eigenvalue weighted by Crippen LogP contribution is -2.12. The molecule has 1 heterocycles. The van der Waals surface area contributed by atoms with E-state index in [1.165, 1.54) is 7.85 Å². The van der Waals surface area contributed by atoms with Crippen LogP contribution in [0.4, 0.5) is 4.39 Å². The molecule has 0 aliphatic heterocycles. The molecule has 1 rings (SSSR count). The van der Waals surface area contributed by atoms with Crippen LogP contribution in [0.15, 0.2) is 12.3 Å². The molecule has 0 N–H and O–H groups in total. The van der Waals surface area contributed by atoms with Crippen LogP contribution in [0.25, 0.3) is 0 Å². The minimum absolute atomic E-state index is 0.283. The summed E-state index contributed by atoms with van der Waals surface area (Å²) in [6.07, 6.45) is 1.79. The predicted molar refractivity (Wildman–Crippen MR) is 53.7 cm³/mol. The number of hydrogen-bond acceptors (Lipinski definition) is 1. The molecule has 0 aliphatic carbocycles. The van der Waals surface area contributed by atoms with E-state index in [9.17, 15) is 4.39 Å². The zero-order chi connectivity index (χ0) is 9.35. The van der Waals surface area contributed by atoms with Crippen LogP contribution in [0.2, 0.25) is 0 Å². The molecule has 0 amide bonds. The summed E-state index contributed by atoms with van der Waals surface area (Å²) in [6, 6.07) is 1.98. The standard InChI is InChI=1S/C7H13BFN2P/c1-5(2)11-4-3-6(10-11)7(8,9)12/h3-5H,8,12H2,1-2H3. The van der Waals surface area contributed by atoms with Gasteiger partial charge in [0.05, 0.1) is 5.69 Å². The molecular weight excluding hydrogens is 173 g/mol. The molecule has 2 unspecified atom stereocenters. The van der Waals surface area contributed by atoms with Crippen molar-refractivity contribution in [3.63, 3.8) is 0 Å². The Labute approximate surface area is 75.1 Å². The summed E-state index contributed by atoms with van der Waals surface area (Å²) in [7, 11) is 3.61. The van der Waals surface area contributed by atoms with E-state index in [1.54, 1.807) is 16.9 Å². The van der Waals surface area contributed by atoms with Gasteiger partial charge in [0, 0.05) is 12.2 Å². The maximum atomic E-state index is 13.3. The van der Waals surface area contributed by atoms with Crippen molar-refractivity contribution in [3.05, 3.63) is 18.0 Å². The molecule has 0 saturated heterocycles. The topological polar surface area (TPSA) is 17.8 Å². The first kappa shape index (κ1) is 9.72. The van der Waals surface area contributed by atoms with Crippen LogP contribution in [0.3, 0.4) is 0 Å². The molecule has 0 saturated carbocycles. The average Bonchev–Trinajstić information content (AvgIpc) is 2.30. The third-order valence-corrected chi connectivity index (χ3v) is 1.93. The maximum Gasteiger partial charge on any atom is 0.163 e. The first-order valence-electron chi connectivity index (χ1n) is 3.94. The minimum atomic E-state index is -1.42. The minimum Gasteiger partial charge on any atom is -0.270 e. The Morgan fingerprint density at radius 2 is 2.33 bits per heavy atom. The van der Waals surface area contributed by atoms with Crippen LogP contribution >= 0.6 is 9.24 Å². The van der Waals surface area contributed by atoms with Crippen molar-refractivity contribution in [2.45, 2.75) is 25.2 Å². The van der Waals surface area contributed by atoms with Gasteiger partial charge in [0.15, 0.2) is 7.85 Å². The second-order valence-corrected chi connectivity index (χ2v) is 4.43. The molecule has 0 radical (unpaired) electrons. The van der Waals surface area contributed by atoms with Gasteiger partial charge in [0.25, 0.3) is 0 Å². The molecule has 2 nitrogen and oxygen atoms in total. The smallest absolute Gasteiger partial charge is 0.163 e. The van der Waals surface area contributed by atoms with Crippen LogP contribution in [-0.4, -0.2) is 17.6 Å². The van der Waals surface area contributed by atoms with Crippen LogP contribution in [0.1, 0.15) is 25.6 Å². The fourth-order valence-corrected chi connectivity index (χ4v) is 1.04. The van der Waals surface area contributed by atoms with Gasteiger partial charge >= 0.3 is 0 Å². The number of aromatic nitrogens is 2. The van der Waals surface area contributed by atoms with Crippen LogP contribution < -0.4 is 0 Å². The summed E-state index contributed by atoms with van der Waals surface area (Å²) >= 11 is 0. The van der Waals surface area contributed by atoms with Crippen molar-refractivity contribution in [2.24, 2.45) is 0 Å². The Kier molecular flexibility index (Phi) is 2.57. The zero-order valence-corrected chi connectivity index (χ0v) is 8.74. The monoisotopic (exact) mass is 186 g/mol. The van der Waals surface area contributed by atoms with Gasteiger partial charge in [-0.2, -0.15) is 5.10 Å². The normalized spacial score (nSPS) is 16.4. The van der Waals surface area contributed by atoms with E-state index in [4.69, 9.17) is 0 Å². The Balaban J connectivity index is 2.92. The van der Waals surface area contributed by atoms with Crippen molar-refractivity contribution in [3.8, 4) is 0 Å². The fraction of sp³-hybridized carbons (Fsp3) is 0.571. The first-order chi connectivity index (χ1) is 5.41. The number of rotatable bonds is 2. The molecule has 0 bridgehead atoms. The van der Waals surface area contributed by atoms with Crippen LogP contribution in [0.5, 0.6) is 0 Å². The third kappa shape index (κ3) is 2.07. The van der Waals surface area contributed by atoms with E-state index >= 15 is 0 Å². The molecule has 66 valence electrons. The van der Waals surface area contributed by atoms with Crippen molar-refractivity contribution >= 4 is 17.1 Å². The highest BCUT2D eigenvalue weighted by Crippen LogP contribution is 2.27. The van der Waals surface area contributed by atoms with E-state index in [2.05, 4.69) is 14.3 Å². The van der Waals surface area contributed by atoms with Gasteiger partial charge in [0.2, 0.25) is 0 Å². The van der Waals surface area contributed by atoms with Gasteiger partial charge in [-0.3, -0.25) is 4.68 Å². The van der Waals surface area contributed by atoms with Crippen molar-refractivity contribution in [1.82, 2.24) is 9.78 Å². The molecule has 1 aromatic heterocycles. The summed E-state index contributed by atoms with van der Waals surface area (Å²) < 4.78 is 15.0. The lowest BCUT2D eigenvalue weighted by molar-refractivity contribution is 0.395. The lowest BCUT2D eigenvalue weighted by atomic mass is 9.98. The SMILES string of the molecule is BC(F)(P)c1ccn(C(C)C)n1. The Morgan fingerprint density at radius 1 is 1.75 bits per heavy atom. The van der Waals surface area contributed by atoms with Crippen molar-refractivity contribution < 1.29 is 4.39 Å². The molecule has 0 aromatic carbocycles. The fourth-order valence-electron chi connectivity index (χ4n) is 0.886. The lowest BCUT2D eigenvalue weighted by Gasteiger charge is -2.10. The van der Waals surface area contributed by atoms with Crippen LogP contribution in [0, 0.1) is 0 Å². The quantitative estimate of drug-likeness (QED) is 0.498. The van der Waals surface area contributed by atoms with Gasteiger partial charge in [-0.15, -0.1) is 9.24 Å². The van der Waals surface area contributed by atoms with Crippen molar-refractivity contribution in [2.75, 3.05) is 0 Å². The highest BCUT2D eigenvalue weighted by Gasteiger charge is 2.22.